The van der Waals surface area contributed by atoms with E-state index in [0.717, 1.165) is 31.0 Å². The Morgan fingerprint density at radius 2 is 2.05 bits per heavy atom. The van der Waals surface area contributed by atoms with Crippen molar-refractivity contribution in [2.24, 2.45) is 0 Å². The molecule has 0 aliphatic carbocycles. The topological polar surface area (TPSA) is 81.8 Å². The molecule has 2 aromatic heterocycles. The summed E-state index contributed by atoms with van der Waals surface area (Å²) in [6.07, 6.45) is 1.64. The van der Waals surface area contributed by atoms with E-state index in [4.69, 9.17) is 0 Å². The third kappa shape index (κ3) is 3.16. The average molecular weight is 277 g/mol. The summed E-state index contributed by atoms with van der Waals surface area (Å²) in [7, 11) is 1.80. The van der Waals surface area contributed by atoms with E-state index in [1.807, 2.05) is 0 Å². The third-order valence-corrected chi connectivity index (χ3v) is 3.32. The largest absolute Gasteiger partial charge is 0.364 e. The Hall–Kier alpha value is -1.89. The van der Waals surface area contributed by atoms with E-state index < -0.39 is 0 Å². The Labute approximate surface area is 119 Å². The highest BCUT2D eigenvalue weighted by Gasteiger charge is 2.13. The van der Waals surface area contributed by atoms with Gasteiger partial charge < -0.3 is 20.5 Å². The van der Waals surface area contributed by atoms with E-state index in [2.05, 4.69) is 56.2 Å². The van der Waals surface area contributed by atoms with Crippen LogP contribution in [0.5, 0.6) is 0 Å². The number of aromatic amines is 1. The summed E-state index contributed by atoms with van der Waals surface area (Å²) in [5, 5.41) is 6.40. The molecule has 7 heteroatoms. The highest BCUT2D eigenvalue weighted by Crippen LogP contribution is 2.19. The summed E-state index contributed by atoms with van der Waals surface area (Å²) in [5.41, 5.74) is 1.51. The van der Waals surface area contributed by atoms with E-state index in [9.17, 15) is 0 Å². The summed E-state index contributed by atoms with van der Waals surface area (Å²) in [4.78, 5) is 18.4. The minimum absolute atomic E-state index is 0.293. The monoisotopic (exact) mass is 277 g/mol. The van der Waals surface area contributed by atoms with Gasteiger partial charge in [0.15, 0.2) is 11.5 Å². The molecular formula is C13H23N7. The summed E-state index contributed by atoms with van der Waals surface area (Å²) in [6.45, 7) is 9.57. The molecule has 0 aliphatic rings. The van der Waals surface area contributed by atoms with Gasteiger partial charge in [-0.15, -0.1) is 0 Å². The maximum absolute atomic E-state index is 4.47. The van der Waals surface area contributed by atoms with Gasteiger partial charge in [0.1, 0.15) is 5.52 Å². The molecule has 2 aromatic rings. The van der Waals surface area contributed by atoms with E-state index >= 15 is 0 Å². The second kappa shape index (κ2) is 6.51. The van der Waals surface area contributed by atoms with Crippen molar-refractivity contribution in [2.75, 3.05) is 37.3 Å². The van der Waals surface area contributed by atoms with Crippen LogP contribution < -0.4 is 10.6 Å². The van der Waals surface area contributed by atoms with E-state index in [-0.39, 0.29) is 0 Å². The molecular weight excluding hydrogens is 254 g/mol. The number of hydrogen-bond acceptors (Lipinski definition) is 6. The molecule has 0 fully saturated rings. The first-order chi connectivity index (χ1) is 9.67. The number of anilines is 2. The van der Waals surface area contributed by atoms with Crippen LogP contribution in [0.4, 0.5) is 11.8 Å². The number of fused-ring (bicyclic) bond motifs is 1. The van der Waals surface area contributed by atoms with Gasteiger partial charge in [0.2, 0.25) is 5.95 Å². The smallest absolute Gasteiger partial charge is 0.226 e. The van der Waals surface area contributed by atoms with Crippen LogP contribution in [0.15, 0.2) is 6.33 Å². The van der Waals surface area contributed by atoms with Gasteiger partial charge in [-0.25, -0.2) is 4.98 Å². The second-order valence-electron chi connectivity index (χ2n) is 4.78. The van der Waals surface area contributed by atoms with Crippen molar-refractivity contribution in [1.82, 2.24) is 24.8 Å². The molecule has 0 bridgehead atoms. The van der Waals surface area contributed by atoms with Crippen LogP contribution in [0.3, 0.4) is 0 Å². The zero-order chi connectivity index (χ0) is 14.5. The molecule has 1 unspecified atom stereocenters. The SMILES string of the molecule is CCN(CC)CC(C)Nc1nc(NC)nc2nc[nH]c12. The van der Waals surface area contributed by atoms with Gasteiger partial charge in [-0.1, -0.05) is 13.8 Å². The van der Waals surface area contributed by atoms with Gasteiger partial charge in [0, 0.05) is 19.6 Å². The molecule has 0 amide bonds. The molecule has 3 N–H and O–H groups in total. The number of hydrogen-bond donors (Lipinski definition) is 3. The number of nitrogens with zero attached hydrogens (tertiary/aromatic N) is 4. The van der Waals surface area contributed by atoms with E-state index in [0.29, 0.717) is 17.6 Å². The predicted molar refractivity (Wildman–Crippen MR) is 82.1 cm³/mol. The summed E-state index contributed by atoms with van der Waals surface area (Å²) in [5.74, 6) is 1.36. The lowest BCUT2D eigenvalue weighted by Gasteiger charge is -2.23. The quantitative estimate of drug-likeness (QED) is 0.712. The molecule has 20 heavy (non-hydrogen) atoms. The van der Waals surface area contributed by atoms with Gasteiger partial charge >= 0.3 is 0 Å². The van der Waals surface area contributed by atoms with E-state index in [1.165, 1.54) is 0 Å². The molecule has 0 spiro atoms. The van der Waals surface area contributed by atoms with Crippen LogP contribution in [0.2, 0.25) is 0 Å². The zero-order valence-corrected chi connectivity index (χ0v) is 12.6. The van der Waals surface area contributed by atoms with Crippen LogP contribution in [-0.2, 0) is 0 Å². The van der Waals surface area contributed by atoms with Crippen LogP contribution in [0.1, 0.15) is 20.8 Å². The Kier molecular flexibility index (Phi) is 4.73. The second-order valence-corrected chi connectivity index (χ2v) is 4.78. The van der Waals surface area contributed by atoms with Crippen LogP contribution in [0, 0.1) is 0 Å². The fraction of sp³-hybridized carbons (Fsp3) is 0.615. The lowest BCUT2D eigenvalue weighted by atomic mass is 10.3. The number of H-pyrrole nitrogens is 1. The predicted octanol–water partition coefficient (Wildman–Crippen LogP) is 1.54. The fourth-order valence-electron chi connectivity index (χ4n) is 2.20. The van der Waals surface area contributed by atoms with Crippen molar-refractivity contribution in [2.45, 2.75) is 26.8 Å². The first-order valence-electron chi connectivity index (χ1n) is 7.05. The van der Waals surface area contributed by atoms with Crippen LogP contribution >= 0.6 is 0 Å². The van der Waals surface area contributed by atoms with Crippen LogP contribution in [0.25, 0.3) is 11.2 Å². The molecule has 0 saturated heterocycles. The Bertz CT molecular complexity index is 547. The molecule has 1 atom stereocenters. The molecule has 0 aromatic carbocycles. The molecule has 7 nitrogen and oxygen atoms in total. The number of rotatable bonds is 7. The average Bonchev–Trinajstić information content (AvgIpc) is 2.93. The number of imidazole rings is 1. The summed E-state index contributed by atoms with van der Waals surface area (Å²) in [6, 6.07) is 0.293. The lowest BCUT2D eigenvalue weighted by Crippen LogP contribution is -2.35. The molecule has 0 aliphatic heterocycles. The molecule has 0 saturated carbocycles. The normalized spacial score (nSPS) is 12.8. The number of nitrogens with one attached hydrogen (secondary N) is 3. The standard InChI is InChI=1S/C13H23N7/c1-5-20(6-2)7-9(3)17-12-10-11(16-8-15-10)18-13(14-4)19-12/h8-9H,5-7H2,1-4H3,(H3,14,15,16,17,18,19). The van der Waals surface area contributed by atoms with Crippen molar-refractivity contribution in [3.05, 3.63) is 6.33 Å². The summed E-state index contributed by atoms with van der Waals surface area (Å²) < 4.78 is 0. The summed E-state index contributed by atoms with van der Waals surface area (Å²) >= 11 is 0. The number of likely N-dealkylation sites (N-methyl/N-ethyl adjacent to an activating group) is 1. The fourth-order valence-corrected chi connectivity index (χ4v) is 2.20. The van der Waals surface area contributed by atoms with Crippen molar-refractivity contribution < 1.29 is 0 Å². The molecule has 0 radical (unpaired) electrons. The molecule has 110 valence electrons. The van der Waals surface area contributed by atoms with Crippen molar-refractivity contribution in [3.8, 4) is 0 Å². The van der Waals surface area contributed by atoms with Crippen molar-refractivity contribution >= 4 is 22.9 Å². The first kappa shape index (κ1) is 14.5. The molecule has 2 heterocycles. The van der Waals surface area contributed by atoms with Gasteiger partial charge in [-0.05, 0) is 20.0 Å². The molecule has 2 rings (SSSR count). The van der Waals surface area contributed by atoms with Gasteiger partial charge in [-0.3, -0.25) is 0 Å². The maximum atomic E-state index is 4.47. The van der Waals surface area contributed by atoms with Crippen molar-refractivity contribution in [1.29, 1.82) is 0 Å². The highest BCUT2D eigenvalue weighted by molar-refractivity contribution is 5.83. The highest BCUT2D eigenvalue weighted by atomic mass is 15.2. The van der Waals surface area contributed by atoms with E-state index in [1.54, 1.807) is 13.4 Å². The number of aromatic nitrogens is 4. The van der Waals surface area contributed by atoms with Gasteiger partial charge in [0.05, 0.1) is 6.33 Å². The van der Waals surface area contributed by atoms with Gasteiger partial charge in [-0.2, -0.15) is 9.97 Å². The maximum Gasteiger partial charge on any atom is 0.226 e. The minimum atomic E-state index is 0.293. The van der Waals surface area contributed by atoms with Crippen molar-refractivity contribution in [3.63, 3.8) is 0 Å². The first-order valence-corrected chi connectivity index (χ1v) is 7.05. The van der Waals surface area contributed by atoms with Gasteiger partial charge in [0.25, 0.3) is 0 Å². The minimum Gasteiger partial charge on any atom is -0.364 e. The Morgan fingerprint density at radius 3 is 2.70 bits per heavy atom. The zero-order valence-electron chi connectivity index (χ0n) is 12.6. The lowest BCUT2D eigenvalue weighted by molar-refractivity contribution is 0.294. The Morgan fingerprint density at radius 1 is 1.30 bits per heavy atom. The van der Waals surface area contributed by atoms with Crippen LogP contribution in [-0.4, -0.2) is 57.6 Å². The Balaban J connectivity index is 2.17. The third-order valence-electron chi connectivity index (χ3n) is 3.32.